The molecule has 1 amide bonds. The van der Waals surface area contributed by atoms with Crippen molar-refractivity contribution in [1.82, 2.24) is 4.90 Å². The van der Waals surface area contributed by atoms with Crippen molar-refractivity contribution in [1.29, 1.82) is 0 Å². The molecule has 0 unspecified atom stereocenters. The first-order valence-corrected chi connectivity index (χ1v) is 8.30. The number of hydrogen-bond donors (Lipinski definition) is 1. The standard InChI is InChI=1S/C18H24FNO4/c1-17(23-2)11-15(21)18(17)6-8-20(9-7-18)16(22)12-24-14-5-3-4-13(19)10-14/h3-5,10,15,21H,6-9,11-12H2,1-2H3/t15-,17+/m1/s1. The van der Waals surface area contributed by atoms with Gasteiger partial charge in [0.15, 0.2) is 6.61 Å². The van der Waals surface area contributed by atoms with Crippen molar-refractivity contribution in [2.75, 3.05) is 26.8 Å². The molecule has 3 rings (SSSR count). The summed E-state index contributed by atoms with van der Waals surface area (Å²) in [6.07, 6.45) is 1.69. The molecule has 1 aromatic rings. The van der Waals surface area contributed by atoms with E-state index in [-0.39, 0.29) is 29.6 Å². The molecule has 2 aliphatic rings. The van der Waals surface area contributed by atoms with E-state index in [1.54, 1.807) is 24.1 Å². The van der Waals surface area contributed by atoms with Gasteiger partial charge in [-0.1, -0.05) is 6.07 Å². The van der Waals surface area contributed by atoms with Crippen LogP contribution in [-0.4, -0.2) is 54.4 Å². The molecule has 1 saturated carbocycles. The van der Waals surface area contributed by atoms with E-state index in [9.17, 15) is 14.3 Å². The van der Waals surface area contributed by atoms with Gasteiger partial charge in [0.25, 0.3) is 5.91 Å². The number of aliphatic hydroxyl groups is 1. The molecule has 0 aromatic heterocycles. The topological polar surface area (TPSA) is 59.0 Å². The monoisotopic (exact) mass is 337 g/mol. The van der Waals surface area contributed by atoms with Crippen molar-refractivity contribution < 1.29 is 23.8 Å². The van der Waals surface area contributed by atoms with Crippen molar-refractivity contribution in [3.63, 3.8) is 0 Å². The number of halogens is 1. The van der Waals surface area contributed by atoms with Crippen molar-refractivity contribution >= 4 is 5.91 Å². The van der Waals surface area contributed by atoms with Gasteiger partial charge in [-0.3, -0.25) is 4.79 Å². The van der Waals surface area contributed by atoms with Crippen molar-refractivity contribution in [2.24, 2.45) is 5.41 Å². The second-order valence-corrected chi connectivity index (χ2v) is 6.94. The van der Waals surface area contributed by atoms with Gasteiger partial charge in [-0.05, 0) is 31.9 Å². The normalized spacial score (nSPS) is 28.5. The van der Waals surface area contributed by atoms with Gasteiger partial charge in [-0.25, -0.2) is 4.39 Å². The number of benzene rings is 1. The smallest absolute Gasteiger partial charge is 0.260 e. The molecular formula is C18H24FNO4. The van der Waals surface area contributed by atoms with Gasteiger partial charge in [0.1, 0.15) is 11.6 Å². The number of carbonyl (C=O) groups excluding carboxylic acids is 1. The van der Waals surface area contributed by atoms with Crippen LogP contribution in [-0.2, 0) is 9.53 Å². The number of likely N-dealkylation sites (tertiary alicyclic amines) is 1. The van der Waals surface area contributed by atoms with E-state index in [4.69, 9.17) is 9.47 Å². The van der Waals surface area contributed by atoms with E-state index in [0.29, 0.717) is 38.1 Å². The third kappa shape index (κ3) is 2.78. The minimum absolute atomic E-state index is 0.111. The summed E-state index contributed by atoms with van der Waals surface area (Å²) in [5, 5.41) is 10.2. The first kappa shape index (κ1) is 17.2. The van der Waals surface area contributed by atoms with E-state index in [0.717, 1.165) is 0 Å². The maximum atomic E-state index is 13.1. The van der Waals surface area contributed by atoms with Crippen molar-refractivity contribution in [3.8, 4) is 5.75 Å². The Hall–Kier alpha value is -1.66. The van der Waals surface area contributed by atoms with Crippen molar-refractivity contribution in [2.45, 2.75) is 37.9 Å². The molecule has 0 bridgehead atoms. The van der Waals surface area contributed by atoms with Crippen LogP contribution in [0.25, 0.3) is 0 Å². The molecule has 1 aliphatic carbocycles. The van der Waals surface area contributed by atoms with E-state index >= 15 is 0 Å². The van der Waals surface area contributed by atoms with Gasteiger partial charge in [0.2, 0.25) is 0 Å². The van der Waals surface area contributed by atoms with Gasteiger partial charge < -0.3 is 19.5 Å². The molecule has 24 heavy (non-hydrogen) atoms. The van der Waals surface area contributed by atoms with Crippen LogP contribution in [0.4, 0.5) is 4.39 Å². The van der Waals surface area contributed by atoms with Crippen LogP contribution < -0.4 is 4.74 Å². The number of rotatable bonds is 4. The van der Waals surface area contributed by atoms with Gasteiger partial charge in [0.05, 0.1) is 11.7 Å². The fourth-order valence-electron chi connectivity index (χ4n) is 4.09. The lowest BCUT2D eigenvalue weighted by Crippen LogP contribution is -2.69. The predicted octanol–water partition coefficient (Wildman–Crippen LogP) is 1.98. The zero-order valence-electron chi connectivity index (χ0n) is 14.1. The largest absolute Gasteiger partial charge is 0.484 e. The molecule has 1 aliphatic heterocycles. The number of hydrogen-bond acceptors (Lipinski definition) is 4. The lowest BCUT2D eigenvalue weighted by Gasteiger charge is -2.62. The lowest BCUT2D eigenvalue weighted by molar-refractivity contribution is -0.261. The second-order valence-electron chi connectivity index (χ2n) is 6.94. The Labute approximate surface area is 141 Å². The molecular weight excluding hydrogens is 313 g/mol. The number of nitrogens with zero attached hydrogens (tertiary/aromatic N) is 1. The zero-order valence-corrected chi connectivity index (χ0v) is 14.1. The Morgan fingerprint density at radius 2 is 2.12 bits per heavy atom. The maximum absolute atomic E-state index is 13.1. The van der Waals surface area contributed by atoms with Crippen LogP contribution >= 0.6 is 0 Å². The summed E-state index contributed by atoms with van der Waals surface area (Å²) < 4.78 is 24.1. The zero-order chi connectivity index (χ0) is 17.4. The minimum atomic E-state index is -0.391. The Morgan fingerprint density at radius 1 is 1.42 bits per heavy atom. The van der Waals surface area contributed by atoms with Crippen molar-refractivity contribution in [3.05, 3.63) is 30.1 Å². The quantitative estimate of drug-likeness (QED) is 0.913. The number of amides is 1. The molecule has 5 nitrogen and oxygen atoms in total. The first-order chi connectivity index (χ1) is 11.4. The molecule has 6 heteroatoms. The molecule has 132 valence electrons. The summed E-state index contributed by atoms with van der Waals surface area (Å²) >= 11 is 0. The van der Waals surface area contributed by atoms with Crippen LogP contribution in [0.2, 0.25) is 0 Å². The summed E-state index contributed by atoms with van der Waals surface area (Å²) in [5.74, 6) is -0.169. The van der Waals surface area contributed by atoms with Gasteiger partial charge in [-0.2, -0.15) is 0 Å². The van der Waals surface area contributed by atoms with Crippen LogP contribution in [0.15, 0.2) is 24.3 Å². The summed E-state index contributed by atoms with van der Waals surface area (Å²) in [6.45, 7) is 3.06. The van der Waals surface area contributed by atoms with Crippen LogP contribution in [0.1, 0.15) is 26.2 Å². The van der Waals surface area contributed by atoms with Crippen LogP contribution in [0.3, 0.4) is 0 Å². The maximum Gasteiger partial charge on any atom is 0.260 e. The van der Waals surface area contributed by atoms with E-state index < -0.39 is 5.82 Å². The van der Waals surface area contributed by atoms with Crippen LogP contribution in [0.5, 0.6) is 5.75 Å². The summed E-state index contributed by atoms with van der Waals surface area (Å²) in [4.78, 5) is 14.0. The molecule has 1 heterocycles. The molecule has 1 saturated heterocycles. The second kappa shape index (κ2) is 6.33. The van der Waals surface area contributed by atoms with E-state index in [2.05, 4.69) is 0 Å². The summed E-state index contributed by atoms with van der Waals surface area (Å²) in [6, 6.07) is 5.75. The molecule has 2 atom stereocenters. The van der Waals surface area contributed by atoms with E-state index in [1.807, 2.05) is 6.92 Å². The lowest BCUT2D eigenvalue weighted by atomic mass is 9.51. The highest BCUT2D eigenvalue weighted by Gasteiger charge is 2.63. The highest BCUT2D eigenvalue weighted by molar-refractivity contribution is 5.77. The minimum Gasteiger partial charge on any atom is -0.484 e. The Morgan fingerprint density at radius 3 is 2.71 bits per heavy atom. The van der Waals surface area contributed by atoms with Gasteiger partial charge in [0, 0.05) is 38.1 Å². The summed E-state index contributed by atoms with van der Waals surface area (Å²) in [7, 11) is 1.68. The number of aliphatic hydroxyl groups excluding tert-OH is 1. The molecule has 1 N–H and O–H groups in total. The molecule has 0 radical (unpaired) electrons. The Kier molecular flexibility index (Phi) is 4.53. The number of piperidine rings is 1. The van der Waals surface area contributed by atoms with Gasteiger partial charge in [-0.15, -0.1) is 0 Å². The molecule has 1 aromatic carbocycles. The number of carbonyl (C=O) groups is 1. The first-order valence-electron chi connectivity index (χ1n) is 8.30. The third-order valence-corrected chi connectivity index (χ3v) is 5.89. The summed E-state index contributed by atoms with van der Waals surface area (Å²) in [5.41, 5.74) is -0.582. The van der Waals surface area contributed by atoms with Crippen LogP contribution in [0, 0.1) is 11.2 Å². The SMILES string of the molecule is CO[C@@]1(C)C[C@@H](O)C12CCN(C(=O)COc1cccc(F)c1)CC2. The fraction of sp³-hybridized carbons (Fsp3) is 0.611. The Bertz CT molecular complexity index is 615. The molecule has 1 spiro atoms. The highest BCUT2D eigenvalue weighted by atomic mass is 19.1. The Balaban J connectivity index is 1.54. The number of ether oxygens (including phenoxy) is 2. The highest BCUT2D eigenvalue weighted by Crippen LogP contribution is 2.57. The fourth-order valence-corrected chi connectivity index (χ4v) is 4.09. The third-order valence-electron chi connectivity index (χ3n) is 5.89. The average molecular weight is 337 g/mol. The molecule has 2 fully saturated rings. The average Bonchev–Trinajstić information content (AvgIpc) is 2.59. The van der Waals surface area contributed by atoms with Gasteiger partial charge >= 0.3 is 0 Å². The predicted molar refractivity (Wildman–Crippen MR) is 86.2 cm³/mol. The number of methoxy groups -OCH3 is 1. The van der Waals surface area contributed by atoms with E-state index in [1.165, 1.54) is 12.1 Å².